The molecule has 0 amide bonds. The van der Waals surface area contributed by atoms with Gasteiger partial charge >= 0.3 is 6.18 Å². The van der Waals surface area contributed by atoms with Crippen LogP contribution in [0.5, 0.6) is 0 Å². The summed E-state index contributed by atoms with van der Waals surface area (Å²) in [5.74, 6) is 0. The number of hydrogen-bond acceptors (Lipinski definition) is 4. The number of nitrogens with two attached hydrogens (primary N) is 1. The van der Waals surface area contributed by atoms with Crippen molar-refractivity contribution in [1.29, 1.82) is 0 Å². The summed E-state index contributed by atoms with van der Waals surface area (Å²) in [6, 6.07) is 4.90. The maximum Gasteiger partial charge on any atom is 0.433 e. The average Bonchev–Trinajstić information content (AvgIpc) is 2.91. The molecule has 2 aromatic heterocycles. The molecule has 0 aliphatic heterocycles. The molecule has 0 saturated heterocycles. The van der Waals surface area contributed by atoms with E-state index in [-0.39, 0.29) is 16.8 Å². The second-order valence-electron chi connectivity index (χ2n) is 5.37. The smallest absolute Gasteiger partial charge is 0.396 e. The standard InChI is InChI=1S/C14H16F3N3S/c1-13(2,12-4-3-5-21-12)8-20-10-6-11(14(15,16)17)19-7-9(10)18/h3-7H,8,18H2,1-2H3,(H,19,20). The van der Waals surface area contributed by atoms with E-state index in [1.807, 2.05) is 31.4 Å². The molecule has 0 saturated carbocycles. The number of thiophene rings is 1. The molecule has 0 aliphatic rings. The minimum Gasteiger partial charge on any atom is -0.396 e. The largest absolute Gasteiger partial charge is 0.433 e. The first-order chi connectivity index (χ1) is 9.70. The van der Waals surface area contributed by atoms with Gasteiger partial charge in [-0.2, -0.15) is 13.2 Å². The fourth-order valence-electron chi connectivity index (χ4n) is 1.84. The van der Waals surface area contributed by atoms with Crippen LogP contribution >= 0.6 is 11.3 Å². The lowest BCUT2D eigenvalue weighted by molar-refractivity contribution is -0.141. The summed E-state index contributed by atoms with van der Waals surface area (Å²) in [7, 11) is 0. The third kappa shape index (κ3) is 3.66. The minimum atomic E-state index is -4.48. The molecule has 3 nitrogen and oxygen atoms in total. The number of halogens is 3. The van der Waals surface area contributed by atoms with Gasteiger partial charge in [0.2, 0.25) is 0 Å². The number of pyridine rings is 1. The van der Waals surface area contributed by atoms with Gasteiger partial charge in [-0.25, -0.2) is 4.98 Å². The summed E-state index contributed by atoms with van der Waals surface area (Å²) in [6.45, 7) is 4.51. The molecule has 0 aliphatic carbocycles. The summed E-state index contributed by atoms with van der Waals surface area (Å²) in [4.78, 5) is 4.47. The Kier molecular flexibility index (Phi) is 4.13. The van der Waals surface area contributed by atoms with E-state index in [9.17, 15) is 13.2 Å². The molecule has 0 bridgehead atoms. The monoisotopic (exact) mass is 315 g/mol. The van der Waals surface area contributed by atoms with Gasteiger partial charge in [-0.1, -0.05) is 19.9 Å². The van der Waals surface area contributed by atoms with E-state index in [0.29, 0.717) is 6.54 Å². The van der Waals surface area contributed by atoms with E-state index < -0.39 is 11.9 Å². The highest BCUT2D eigenvalue weighted by Gasteiger charge is 2.33. The lowest BCUT2D eigenvalue weighted by atomic mass is 9.91. The van der Waals surface area contributed by atoms with Crippen LogP contribution < -0.4 is 11.1 Å². The maximum atomic E-state index is 12.7. The molecule has 2 aromatic rings. The SMILES string of the molecule is CC(C)(CNc1cc(C(F)(F)F)ncc1N)c1cccs1. The molecule has 114 valence electrons. The van der Waals surface area contributed by atoms with Gasteiger partial charge in [0.25, 0.3) is 0 Å². The molecule has 0 fully saturated rings. The molecule has 0 atom stereocenters. The maximum absolute atomic E-state index is 12.7. The molecule has 0 unspecified atom stereocenters. The van der Waals surface area contributed by atoms with Crippen molar-refractivity contribution < 1.29 is 13.2 Å². The summed E-state index contributed by atoms with van der Waals surface area (Å²) in [5, 5.41) is 4.97. The van der Waals surface area contributed by atoms with Crippen molar-refractivity contribution in [3.8, 4) is 0 Å². The van der Waals surface area contributed by atoms with Crippen molar-refractivity contribution in [2.24, 2.45) is 0 Å². The number of nitrogens with one attached hydrogen (secondary N) is 1. The Bertz CT molecular complexity index is 606. The molecule has 2 heterocycles. The van der Waals surface area contributed by atoms with Crippen molar-refractivity contribution in [3.05, 3.63) is 40.3 Å². The van der Waals surface area contributed by atoms with E-state index in [1.165, 1.54) is 0 Å². The van der Waals surface area contributed by atoms with Crippen molar-refractivity contribution in [2.75, 3.05) is 17.6 Å². The minimum absolute atomic E-state index is 0.199. The van der Waals surface area contributed by atoms with Crippen molar-refractivity contribution in [3.63, 3.8) is 0 Å². The normalized spacial score (nSPS) is 12.4. The summed E-state index contributed by atoms with van der Waals surface area (Å²) in [6.07, 6.45) is -3.45. The Labute approximate surface area is 125 Å². The van der Waals surface area contributed by atoms with E-state index in [1.54, 1.807) is 11.3 Å². The van der Waals surface area contributed by atoms with Crippen LogP contribution in [0, 0.1) is 0 Å². The van der Waals surface area contributed by atoms with Gasteiger partial charge in [0.1, 0.15) is 5.69 Å². The topological polar surface area (TPSA) is 50.9 Å². The average molecular weight is 315 g/mol. The highest BCUT2D eigenvalue weighted by atomic mass is 32.1. The molecule has 2 rings (SSSR count). The van der Waals surface area contributed by atoms with E-state index in [2.05, 4.69) is 10.3 Å². The predicted molar refractivity (Wildman–Crippen MR) is 79.5 cm³/mol. The summed E-state index contributed by atoms with van der Waals surface area (Å²) in [5.41, 5.74) is 4.98. The van der Waals surface area contributed by atoms with Crippen LogP contribution in [0.15, 0.2) is 29.8 Å². The number of nitrogens with zero attached hydrogens (tertiary/aromatic N) is 1. The number of alkyl halides is 3. The second kappa shape index (κ2) is 5.55. The molecule has 3 N–H and O–H groups in total. The van der Waals surface area contributed by atoms with Crippen molar-refractivity contribution in [1.82, 2.24) is 4.98 Å². The van der Waals surface area contributed by atoms with Crippen LogP contribution in [0.1, 0.15) is 24.4 Å². The van der Waals surface area contributed by atoms with Gasteiger partial charge in [0.05, 0.1) is 17.6 Å². The molecule has 0 radical (unpaired) electrons. The fourth-order valence-corrected chi connectivity index (χ4v) is 2.69. The van der Waals surface area contributed by atoms with Gasteiger partial charge in [-0.3, -0.25) is 0 Å². The van der Waals surface area contributed by atoms with Gasteiger partial charge in [-0.05, 0) is 17.5 Å². The van der Waals surface area contributed by atoms with Crippen molar-refractivity contribution in [2.45, 2.75) is 25.4 Å². The Morgan fingerprint density at radius 2 is 2.05 bits per heavy atom. The number of anilines is 2. The number of aromatic nitrogens is 1. The highest BCUT2D eigenvalue weighted by Crippen LogP contribution is 2.32. The Morgan fingerprint density at radius 3 is 2.62 bits per heavy atom. The van der Waals surface area contributed by atoms with Crippen LogP contribution in [0.25, 0.3) is 0 Å². The zero-order chi connectivity index (χ0) is 15.7. The number of hydrogen-bond donors (Lipinski definition) is 2. The molecule has 0 aromatic carbocycles. The third-order valence-corrected chi connectivity index (χ3v) is 4.37. The lowest BCUT2D eigenvalue weighted by Gasteiger charge is -2.25. The predicted octanol–water partition coefficient (Wildman–Crippen LogP) is 4.13. The van der Waals surface area contributed by atoms with Crippen LogP contribution in [0.2, 0.25) is 0 Å². The summed E-state index contributed by atoms with van der Waals surface area (Å²) < 4.78 is 38.0. The molecule has 7 heteroatoms. The Hall–Kier alpha value is -1.76. The molecule has 21 heavy (non-hydrogen) atoms. The second-order valence-corrected chi connectivity index (χ2v) is 6.32. The number of rotatable bonds is 4. The lowest BCUT2D eigenvalue weighted by Crippen LogP contribution is -2.27. The van der Waals surface area contributed by atoms with Crippen LogP contribution in [0.3, 0.4) is 0 Å². The van der Waals surface area contributed by atoms with E-state index >= 15 is 0 Å². The number of nitrogen functional groups attached to an aromatic ring is 1. The van der Waals surface area contributed by atoms with Crippen LogP contribution in [-0.2, 0) is 11.6 Å². The van der Waals surface area contributed by atoms with E-state index in [0.717, 1.165) is 17.1 Å². The molecular formula is C14H16F3N3S. The Balaban J connectivity index is 2.17. The van der Waals surface area contributed by atoms with Gasteiger partial charge in [-0.15, -0.1) is 11.3 Å². The highest BCUT2D eigenvalue weighted by molar-refractivity contribution is 7.10. The first kappa shape index (κ1) is 15.6. The zero-order valence-electron chi connectivity index (χ0n) is 11.7. The molecular weight excluding hydrogens is 299 g/mol. The summed E-state index contributed by atoms with van der Waals surface area (Å²) >= 11 is 1.61. The Morgan fingerprint density at radius 1 is 1.33 bits per heavy atom. The molecule has 0 spiro atoms. The van der Waals surface area contributed by atoms with Gasteiger partial charge in [0.15, 0.2) is 0 Å². The van der Waals surface area contributed by atoms with Crippen LogP contribution in [0.4, 0.5) is 24.5 Å². The fraction of sp³-hybridized carbons (Fsp3) is 0.357. The van der Waals surface area contributed by atoms with Crippen LogP contribution in [-0.4, -0.2) is 11.5 Å². The first-order valence-corrected chi connectivity index (χ1v) is 7.19. The zero-order valence-corrected chi connectivity index (χ0v) is 12.5. The van der Waals surface area contributed by atoms with Gasteiger partial charge < -0.3 is 11.1 Å². The van der Waals surface area contributed by atoms with E-state index in [4.69, 9.17) is 5.73 Å². The van der Waals surface area contributed by atoms with Gasteiger partial charge in [0, 0.05) is 16.8 Å². The first-order valence-electron chi connectivity index (χ1n) is 6.31. The quantitative estimate of drug-likeness (QED) is 0.892. The third-order valence-electron chi connectivity index (χ3n) is 3.13. The van der Waals surface area contributed by atoms with Crippen molar-refractivity contribution >= 4 is 22.7 Å².